The lowest BCUT2D eigenvalue weighted by Crippen LogP contribution is -2.49. The molecule has 0 unspecified atom stereocenters. The first-order valence-electron chi connectivity index (χ1n) is 15.9. The van der Waals surface area contributed by atoms with Gasteiger partial charge in [0.25, 0.3) is 5.24 Å². The smallest absolute Gasteiger partial charge is 0.377 e. The van der Waals surface area contributed by atoms with Crippen LogP contribution in [0, 0.1) is 0 Å². The van der Waals surface area contributed by atoms with Gasteiger partial charge in [-0.3, -0.25) is 4.79 Å². The standard InChI is InChI=1S/C29H54N6O8SSi/c1-41-45(42-2,43-3)24-16-23-44-29(40)34-21-14-7-6-13-20-33-28(39)35(22-15-9-8-11-18-31-26-37)27(38)32-19-12-5-4-10-17-30-25-36/h4-24H2,1-3H3,(H,32,38)(H,33,39)(H,34,40). The molecular weight excluding hydrogens is 621 g/mol. The van der Waals surface area contributed by atoms with E-state index in [1.54, 1.807) is 21.3 Å². The number of urea groups is 2. The predicted molar refractivity (Wildman–Crippen MR) is 177 cm³/mol. The summed E-state index contributed by atoms with van der Waals surface area (Å²) in [4.78, 5) is 66.2. The molecule has 16 heteroatoms. The zero-order chi connectivity index (χ0) is 33.4. The van der Waals surface area contributed by atoms with Gasteiger partial charge in [-0.15, -0.1) is 0 Å². The van der Waals surface area contributed by atoms with Crippen LogP contribution >= 0.6 is 11.8 Å². The number of amides is 5. The summed E-state index contributed by atoms with van der Waals surface area (Å²) in [7, 11) is 2.12. The van der Waals surface area contributed by atoms with Crippen molar-refractivity contribution in [1.82, 2.24) is 20.9 Å². The van der Waals surface area contributed by atoms with E-state index in [2.05, 4.69) is 25.9 Å². The molecule has 0 radical (unpaired) electrons. The Balaban J connectivity index is 4.27. The Morgan fingerprint density at radius 2 is 1.09 bits per heavy atom. The quantitative estimate of drug-likeness (QED) is 0.0456. The highest BCUT2D eigenvalue weighted by atomic mass is 32.2. The van der Waals surface area contributed by atoms with E-state index in [0.29, 0.717) is 57.5 Å². The van der Waals surface area contributed by atoms with Crippen LogP contribution in [0.1, 0.15) is 83.5 Å². The van der Waals surface area contributed by atoms with Crippen LogP contribution in [-0.2, 0) is 22.9 Å². The summed E-state index contributed by atoms with van der Waals surface area (Å²) < 4.78 is 16.2. The van der Waals surface area contributed by atoms with Crippen molar-refractivity contribution in [2.24, 2.45) is 9.98 Å². The first kappa shape index (κ1) is 42.4. The molecule has 3 N–H and O–H groups in total. The Kier molecular flexibility index (Phi) is 28.4. The summed E-state index contributed by atoms with van der Waals surface area (Å²) in [5, 5.41) is 8.54. The van der Waals surface area contributed by atoms with Crippen LogP contribution in [0.3, 0.4) is 0 Å². The van der Waals surface area contributed by atoms with Crippen LogP contribution in [0.15, 0.2) is 9.98 Å². The number of isocyanates is 2. The van der Waals surface area contributed by atoms with E-state index in [9.17, 15) is 24.0 Å². The minimum atomic E-state index is -2.60. The molecule has 0 fully saturated rings. The van der Waals surface area contributed by atoms with Crippen LogP contribution in [0.5, 0.6) is 0 Å². The number of nitrogens with zero attached hydrogens (tertiary/aromatic N) is 3. The maximum Gasteiger partial charge on any atom is 0.500 e. The number of hydrogen-bond donors (Lipinski definition) is 3. The number of nitrogens with one attached hydrogen (secondary N) is 3. The van der Waals surface area contributed by atoms with Gasteiger partial charge in [-0.25, -0.2) is 34.1 Å². The normalized spacial score (nSPS) is 10.8. The molecule has 0 saturated heterocycles. The van der Waals surface area contributed by atoms with Crippen LogP contribution < -0.4 is 16.0 Å². The van der Waals surface area contributed by atoms with Gasteiger partial charge in [-0.2, -0.15) is 0 Å². The van der Waals surface area contributed by atoms with E-state index < -0.39 is 20.9 Å². The van der Waals surface area contributed by atoms with Crippen molar-refractivity contribution in [2.75, 3.05) is 66.4 Å². The van der Waals surface area contributed by atoms with Gasteiger partial charge < -0.3 is 29.2 Å². The molecule has 0 rings (SSSR count). The number of unbranched alkanes of at least 4 members (excludes halogenated alkanes) is 9. The molecule has 0 aromatic rings. The lowest BCUT2D eigenvalue weighted by Gasteiger charge is -2.23. The topological polar surface area (TPSA) is 177 Å². The van der Waals surface area contributed by atoms with E-state index in [1.165, 1.54) is 28.8 Å². The molecule has 0 aliphatic carbocycles. The molecule has 0 heterocycles. The van der Waals surface area contributed by atoms with Gasteiger partial charge in [0, 0.05) is 59.3 Å². The summed E-state index contributed by atoms with van der Waals surface area (Å²) in [6, 6.07) is -0.193. The average molecular weight is 675 g/mol. The molecule has 0 bridgehead atoms. The summed E-state index contributed by atoms with van der Waals surface area (Å²) in [6.45, 7) is 2.69. The van der Waals surface area contributed by atoms with Crippen LogP contribution in [0.4, 0.5) is 14.4 Å². The van der Waals surface area contributed by atoms with Gasteiger partial charge in [-0.1, -0.05) is 50.3 Å². The van der Waals surface area contributed by atoms with Crippen molar-refractivity contribution in [3.63, 3.8) is 0 Å². The zero-order valence-electron chi connectivity index (χ0n) is 27.4. The Morgan fingerprint density at radius 3 is 1.56 bits per heavy atom. The molecule has 258 valence electrons. The van der Waals surface area contributed by atoms with E-state index in [-0.39, 0.29) is 5.24 Å². The second-order valence-electron chi connectivity index (χ2n) is 10.3. The maximum absolute atomic E-state index is 12.8. The predicted octanol–water partition coefficient (Wildman–Crippen LogP) is 4.77. The highest BCUT2D eigenvalue weighted by Gasteiger charge is 2.36. The molecule has 5 amide bonds. The summed E-state index contributed by atoms with van der Waals surface area (Å²) in [6.07, 6.45) is 13.6. The Morgan fingerprint density at radius 1 is 0.644 bits per heavy atom. The average Bonchev–Trinajstić information content (AvgIpc) is 3.05. The van der Waals surface area contributed by atoms with E-state index in [0.717, 1.165) is 77.0 Å². The van der Waals surface area contributed by atoms with Gasteiger partial charge in [-0.05, 0) is 44.9 Å². The van der Waals surface area contributed by atoms with E-state index in [1.807, 2.05) is 0 Å². The van der Waals surface area contributed by atoms with Crippen LogP contribution in [0.25, 0.3) is 0 Å². The van der Waals surface area contributed by atoms with Gasteiger partial charge in [0.15, 0.2) is 0 Å². The monoisotopic (exact) mass is 674 g/mol. The Hall–Kier alpha value is -2.58. The first-order valence-corrected chi connectivity index (χ1v) is 18.8. The van der Waals surface area contributed by atoms with Crippen LogP contribution in [0.2, 0.25) is 6.04 Å². The molecule has 0 aromatic heterocycles. The summed E-state index contributed by atoms with van der Waals surface area (Å²) in [5.41, 5.74) is 0. The lowest BCUT2D eigenvalue weighted by atomic mass is 10.2. The third kappa shape index (κ3) is 23.4. The number of carbonyl (C=O) groups excluding carboxylic acids is 5. The fraction of sp³-hybridized carbons (Fsp3) is 0.828. The Labute approximate surface area is 273 Å². The molecule has 0 saturated carbocycles. The SMILES string of the molecule is CO[Si](CCCSC(=O)NCCCCCCNC(=O)N(CCCCCCN=C=O)C(=O)NCCCCCCN=C=O)(OC)OC. The molecule has 0 atom stereocenters. The van der Waals surface area contributed by atoms with Crippen molar-refractivity contribution in [3.8, 4) is 0 Å². The number of carbonyl (C=O) groups is 3. The minimum Gasteiger partial charge on any atom is -0.377 e. The van der Waals surface area contributed by atoms with Crippen molar-refractivity contribution in [1.29, 1.82) is 0 Å². The summed E-state index contributed by atoms with van der Waals surface area (Å²) in [5.74, 6) is 0.654. The van der Waals surface area contributed by atoms with Gasteiger partial charge in [0.2, 0.25) is 12.2 Å². The molecule has 45 heavy (non-hydrogen) atoms. The van der Waals surface area contributed by atoms with Gasteiger partial charge in [0.05, 0.1) is 13.1 Å². The highest BCUT2D eigenvalue weighted by molar-refractivity contribution is 8.13. The second kappa shape index (κ2) is 30.1. The zero-order valence-corrected chi connectivity index (χ0v) is 29.2. The third-order valence-electron chi connectivity index (χ3n) is 6.94. The largest absolute Gasteiger partial charge is 0.500 e. The number of thioether (sulfide) groups is 1. The minimum absolute atomic E-state index is 0.0565. The fourth-order valence-corrected chi connectivity index (χ4v) is 6.96. The number of aliphatic imine (C=N–C) groups is 2. The Bertz CT molecular complexity index is 894. The maximum atomic E-state index is 12.8. The van der Waals surface area contributed by atoms with Crippen molar-refractivity contribution in [3.05, 3.63) is 0 Å². The van der Waals surface area contributed by atoms with Crippen molar-refractivity contribution >= 4 is 50.0 Å². The highest BCUT2D eigenvalue weighted by Crippen LogP contribution is 2.17. The molecule has 0 aromatic carbocycles. The lowest BCUT2D eigenvalue weighted by molar-refractivity contribution is 0.123. The second-order valence-corrected chi connectivity index (χ2v) is 14.4. The number of hydrogen-bond acceptors (Lipinski definition) is 11. The van der Waals surface area contributed by atoms with E-state index >= 15 is 0 Å². The number of rotatable bonds is 28. The van der Waals surface area contributed by atoms with E-state index in [4.69, 9.17) is 13.3 Å². The summed E-state index contributed by atoms with van der Waals surface area (Å²) >= 11 is 1.24. The van der Waals surface area contributed by atoms with Gasteiger partial charge >= 0.3 is 20.9 Å². The molecule has 0 aliphatic rings. The van der Waals surface area contributed by atoms with Gasteiger partial charge in [0.1, 0.15) is 0 Å². The molecule has 14 nitrogen and oxygen atoms in total. The number of imide groups is 1. The molecule has 0 spiro atoms. The first-order chi connectivity index (χ1) is 21.9. The van der Waals surface area contributed by atoms with Crippen molar-refractivity contribution < 1.29 is 37.3 Å². The van der Waals surface area contributed by atoms with Crippen molar-refractivity contribution in [2.45, 2.75) is 89.5 Å². The molecule has 0 aliphatic heterocycles. The van der Waals surface area contributed by atoms with Crippen LogP contribution in [-0.4, -0.2) is 110 Å². The fourth-order valence-electron chi connectivity index (χ4n) is 4.31. The molecular formula is C29H54N6O8SSi. The third-order valence-corrected chi connectivity index (χ3v) is 10.7.